The quantitative estimate of drug-likeness (QED) is 0.517. The van der Waals surface area contributed by atoms with Crippen molar-refractivity contribution in [3.05, 3.63) is 43.2 Å². The molecule has 1 unspecified atom stereocenters. The maximum absolute atomic E-state index is 10.2. The Morgan fingerprint density at radius 3 is 2.93 bits per heavy atom. The van der Waals surface area contributed by atoms with Crippen LogP contribution in [0, 0.1) is 0 Å². The van der Waals surface area contributed by atoms with Crippen molar-refractivity contribution in [1.82, 2.24) is 29.7 Å². The highest BCUT2D eigenvalue weighted by molar-refractivity contribution is 7.22. The fourth-order valence-electron chi connectivity index (χ4n) is 3.43. The summed E-state index contributed by atoms with van der Waals surface area (Å²) in [6.45, 7) is 0. The first-order chi connectivity index (χ1) is 14.2. The monoisotopic (exact) mass is 409 g/mol. The van der Waals surface area contributed by atoms with E-state index in [0.717, 1.165) is 41.0 Å². The molecule has 1 fully saturated rings. The highest BCUT2D eigenvalue weighted by Crippen LogP contribution is 2.32. The third kappa shape index (κ3) is 3.89. The molecule has 0 spiro atoms. The molecule has 29 heavy (non-hydrogen) atoms. The van der Waals surface area contributed by atoms with Gasteiger partial charge < -0.3 is 15.2 Å². The Hall–Kier alpha value is -3.11. The summed E-state index contributed by atoms with van der Waals surface area (Å²) in [6.07, 6.45) is 8.14. The topological polar surface area (TPSA) is 111 Å². The van der Waals surface area contributed by atoms with E-state index in [1.807, 2.05) is 18.2 Å². The molecule has 2 N–H and O–H groups in total. The molecule has 0 aliphatic heterocycles. The van der Waals surface area contributed by atoms with E-state index >= 15 is 0 Å². The van der Waals surface area contributed by atoms with Crippen LogP contribution in [0.2, 0.25) is 0 Å². The van der Waals surface area contributed by atoms with Crippen LogP contribution in [0.25, 0.3) is 16.0 Å². The SMILES string of the molecule is O[C@@H]1CCCCC1Nc1nc2ccc(Oc3cc(-n4cncn4)ncn3)cc2s1. The van der Waals surface area contributed by atoms with Crippen LogP contribution in [-0.4, -0.2) is 47.0 Å². The second-order valence-electron chi connectivity index (χ2n) is 6.91. The molecular weight excluding hydrogens is 390 g/mol. The van der Waals surface area contributed by atoms with Crippen LogP contribution < -0.4 is 10.1 Å². The number of rotatable bonds is 5. The van der Waals surface area contributed by atoms with E-state index < -0.39 is 0 Å². The Bertz CT molecular complexity index is 1110. The minimum absolute atomic E-state index is 0.0660. The summed E-state index contributed by atoms with van der Waals surface area (Å²) in [6, 6.07) is 7.48. The maximum atomic E-state index is 10.2. The molecule has 0 amide bonds. The van der Waals surface area contributed by atoms with Gasteiger partial charge >= 0.3 is 0 Å². The smallest absolute Gasteiger partial charge is 0.224 e. The molecular formula is C19H19N7O2S. The Labute approximate surface area is 170 Å². The summed E-state index contributed by atoms with van der Waals surface area (Å²) in [5.41, 5.74) is 0.890. The van der Waals surface area contributed by atoms with Gasteiger partial charge in [0.05, 0.1) is 22.4 Å². The zero-order valence-corrected chi connectivity index (χ0v) is 16.3. The summed E-state index contributed by atoms with van der Waals surface area (Å²) < 4.78 is 8.45. The number of ether oxygens (including phenoxy) is 1. The van der Waals surface area contributed by atoms with E-state index in [1.54, 1.807) is 28.4 Å². The number of aromatic nitrogens is 6. The van der Waals surface area contributed by atoms with E-state index in [1.165, 1.54) is 12.7 Å². The molecule has 148 valence electrons. The predicted octanol–water partition coefficient (Wildman–Crippen LogP) is 3.17. The average Bonchev–Trinajstić information content (AvgIpc) is 3.39. The van der Waals surface area contributed by atoms with E-state index in [9.17, 15) is 5.11 Å². The van der Waals surface area contributed by atoms with E-state index in [0.29, 0.717) is 17.4 Å². The first-order valence-corrected chi connectivity index (χ1v) is 10.3. The first-order valence-electron chi connectivity index (χ1n) is 9.45. The summed E-state index contributed by atoms with van der Waals surface area (Å²) in [5, 5.41) is 18.4. The van der Waals surface area contributed by atoms with Gasteiger partial charge in [0, 0.05) is 12.1 Å². The van der Waals surface area contributed by atoms with Gasteiger partial charge in [0.15, 0.2) is 10.9 Å². The maximum Gasteiger partial charge on any atom is 0.224 e. The number of fused-ring (bicyclic) bond motifs is 1. The summed E-state index contributed by atoms with van der Waals surface area (Å²) in [5.74, 6) is 1.65. The lowest BCUT2D eigenvalue weighted by Gasteiger charge is -2.27. The molecule has 2 atom stereocenters. The molecule has 9 nitrogen and oxygen atoms in total. The number of hydrogen-bond donors (Lipinski definition) is 2. The number of aliphatic hydroxyl groups is 1. The molecule has 0 saturated heterocycles. The van der Waals surface area contributed by atoms with Gasteiger partial charge in [-0.2, -0.15) is 5.10 Å². The molecule has 1 aromatic carbocycles. The largest absolute Gasteiger partial charge is 0.439 e. The third-order valence-electron chi connectivity index (χ3n) is 4.90. The minimum atomic E-state index is -0.313. The van der Waals surface area contributed by atoms with Crippen molar-refractivity contribution in [2.24, 2.45) is 0 Å². The van der Waals surface area contributed by atoms with Gasteiger partial charge in [0.2, 0.25) is 5.88 Å². The van der Waals surface area contributed by atoms with Gasteiger partial charge in [-0.1, -0.05) is 24.2 Å². The van der Waals surface area contributed by atoms with Gasteiger partial charge in [-0.3, -0.25) is 0 Å². The number of nitrogens with zero attached hydrogens (tertiary/aromatic N) is 6. The van der Waals surface area contributed by atoms with Crippen molar-refractivity contribution in [1.29, 1.82) is 0 Å². The van der Waals surface area contributed by atoms with Crippen molar-refractivity contribution in [2.75, 3.05) is 5.32 Å². The minimum Gasteiger partial charge on any atom is -0.439 e. The van der Waals surface area contributed by atoms with E-state index in [4.69, 9.17) is 4.74 Å². The standard InChI is InChI=1S/C19H19N7O2S/c27-15-4-2-1-3-13(15)24-19-25-14-6-5-12(7-16(14)29-19)28-18-8-17(21-10-22-18)26-11-20-9-23-26/h5-11,13,15,27H,1-4H2,(H,24,25)/t13?,15-/m1/s1. The molecule has 0 bridgehead atoms. The van der Waals surface area contributed by atoms with E-state index in [2.05, 4.69) is 30.4 Å². The third-order valence-corrected chi connectivity index (χ3v) is 5.85. The van der Waals surface area contributed by atoms with Crippen molar-refractivity contribution < 1.29 is 9.84 Å². The lowest BCUT2D eigenvalue weighted by molar-refractivity contribution is 0.116. The Balaban J connectivity index is 1.34. The Morgan fingerprint density at radius 2 is 2.07 bits per heavy atom. The number of anilines is 1. The normalized spacial score (nSPS) is 19.3. The van der Waals surface area contributed by atoms with Crippen molar-refractivity contribution >= 4 is 26.7 Å². The zero-order chi connectivity index (χ0) is 19.6. The summed E-state index contributed by atoms with van der Waals surface area (Å²) in [7, 11) is 0. The van der Waals surface area contributed by atoms with Crippen LogP contribution >= 0.6 is 11.3 Å². The van der Waals surface area contributed by atoms with Crippen LogP contribution in [-0.2, 0) is 0 Å². The number of thiazole rings is 1. The first kappa shape index (κ1) is 18.0. The fraction of sp³-hybridized carbons (Fsp3) is 0.316. The number of hydrogen-bond acceptors (Lipinski definition) is 9. The van der Waals surface area contributed by atoms with Crippen LogP contribution in [0.4, 0.5) is 5.13 Å². The van der Waals surface area contributed by atoms with Crippen molar-refractivity contribution in [3.8, 4) is 17.4 Å². The molecule has 4 aromatic rings. The van der Waals surface area contributed by atoms with Gasteiger partial charge in [-0.25, -0.2) is 24.6 Å². The fourth-order valence-corrected chi connectivity index (χ4v) is 4.38. The highest BCUT2D eigenvalue weighted by Gasteiger charge is 2.23. The molecule has 0 radical (unpaired) electrons. The molecule has 3 heterocycles. The molecule has 1 aliphatic rings. The second-order valence-corrected chi connectivity index (χ2v) is 7.94. The molecule has 1 saturated carbocycles. The summed E-state index contributed by atoms with van der Waals surface area (Å²) >= 11 is 1.55. The lowest BCUT2D eigenvalue weighted by Crippen LogP contribution is -2.36. The number of benzene rings is 1. The molecule has 3 aromatic heterocycles. The molecule has 5 rings (SSSR count). The Morgan fingerprint density at radius 1 is 1.14 bits per heavy atom. The summed E-state index contributed by atoms with van der Waals surface area (Å²) in [4.78, 5) is 16.9. The van der Waals surface area contributed by atoms with Crippen LogP contribution in [0.3, 0.4) is 0 Å². The van der Waals surface area contributed by atoms with Crippen molar-refractivity contribution in [2.45, 2.75) is 37.8 Å². The van der Waals surface area contributed by atoms with Crippen molar-refractivity contribution in [3.63, 3.8) is 0 Å². The predicted molar refractivity (Wildman–Crippen MR) is 109 cm³/mol. The Kier molecular flexibility index (Phi) is 4.78. The van der Waals surface area contributed by atoms with Gasteiger partial charge in [-0.05, 0) is 25.0 Å². The lowest BCUT2D eigenvalue weighted by atomic mass is 9.93. The van der Waals surface area contributed by atoms with Crippen LogP contribution in [0.5, 0.6) is 11.6 Å². The van der Waals surface area contributed by atoms with Crippen LogP contribution in [0.1, 0.15) is 25.7 Å². The number of aliphatic hydroxyl groups excluding tert-OH is 1. The second kappa shape index (κ2) is 7.72. The zero-order valence-electron chi connectivity index (χ0n) is 15.5. The van der Waals surface area contributed by atoms with Crippen LogP contribution in [0.15, 0.2) is 43.2 Å². The molecule has 10 heteroatoms. The molecule has 1 aliphatic carbocycles. The average molecular weight is 409 g/mol. The van der Waals surface area contributed by atoms with Gasteiger partial charge in [-0.15, -0.1) is 0 Å². The van der Waals surface area contributed by atoms with Gasteiger partial charge in [0.1, 0.15) is 24.7 Å². The van der Waals surface area contributed by atoms with E-state index in [-0.39, 0.29) is 12.1 Å². The van der Waals surface area contributed by atoms with Gasteiger partial charge in [0.25, 0.3) is 0 Å². The number of nitrogens with one attached hydrogen (secondary N) is 1. The highest BCUT2D eigenvalue weighted by atomic mass is 32.1.